The van der Waals surface area contributed by atoms with Crippen LogP contribution in [0.1, 0.15) is 0 Å². The van der Waals surface area contributed by atoms with E-state index in [-0.39, 0.29) is 0 Å². The number of hydrogen-bond donors (Lipinski definition) is 3. The third-order valence-corrected chi connectivity index (χ3v) is 3.45. The molecular weight excluding hydrogens is 240 g/mol. The molecule has 3 N–H and O–H groups in total. The van der Waals surface area contributed by atoms with E-state index in [9.17, 15) is 18.0 Å². The number of carboxylic acid groups (broad SMARTS) is 2. The first-order valence-corrected chi connectivity index (χ1v) is 5.46. The molecule has 0 saturated heterocycles. The zero-order chi connectivity index (χ0) is 12.6. The normalized spacial score (nSPS) is 28.9. The Hall–Kier alpha value is -1.67. The number of hydrogen-bond acceptors (Lipinski definition) is 4. The Kier molecular flexibility index (Phi) is 2.89. The Morgan fingerprint density at radius 2 is 1.56 bits per heavy atom. The van der Waals surface area contributed by atoms with Gasteiger partial charge in [-0.05, 0) is 12.2 Å². The quantitative estimate of drug-likeness (QED) is 0.454. The van der Waals surface area contributed by atoms with Gasteiger partial charge in [-0.15, -0.1) is 0 Å². The molecule has 16 heavy (non-hydrogen) atoms. The van der Waals surface area contributed by atoms with Crippen molar-refractivity contribution in [3.05, 3.63) is 24.3 Å². The molecule has 0 unspecified atom stereocenters. The van der Waals surface area contributed by atoms with E-state index >= 15 is 0 Å². The summed E-state index contributed by atoms with van der Waals surface area (Å²) >= 11 is 0. The van der Waals surface area contributed by atoms with Crippen LogP contribution >= 0.6 is 0 Å². The summed E-state index contributed by atoms with van der Waals surface area (Å²) in [5.74, 6) is -4.15. The SMILES string of the molecule is O=C(O)C1C=CC(C(=O)O)(S(=O)(=O)O)C=C1. The number of rotatable bonds is 3. The van der Waals surface area contributed by atoms with Gasteiger partial charge < -0.3 is 10.2 Å². The molecule has 0 bridgehead atoms. The van der Waals surface area contributed by atoms with Crippen molar-refractivity contribution in [1.29, 1.82) is 0 Å². The van der Waals surface area contributed by atoms with Crippen LogP contribution in [0.15, 0.2) is 24.3 Å². The fourth-order valence-electron chi connectivity index (χ4n) is 1.20. The standard InChI is InChI=1S/C8H8O7S/c9-6(10)5-1-3-8(4-2-5,7(11)12)16(13,14)15/h1-5H,(H,9,10)(H,11,12)(H,13,14,15). The Bertz CT molecular complexity index is 471. The number of aliphatic carboxylic acids is 2. The number of carbonyl (C=O) groups is 2. The van der Waals surface area contributed by atoms with Crippen molar-refractivity contribution in [1.82, 2.24) is 0 Å². The zero-order valence-electron chi connectivity index (χ0n) is 7.77. The lowest BCUT2D eigenvalue weighted by Crippen LogP contribution is -2.44. The molecule has 0 fully saturated rings. The third kappa shape index (κ3) is 1.84. The molecule has 7 nitrogen and oxygen atoms in total. The van der Waals surface area contributed by atoms with E-state index in [1.165, 1.54) is 0 Å². The third-order valence-electron chi connectivity index (χ3n) is 2.15. The van der Waals surface area contributed by atoms with Crippen molar-refractivity contribution in [2.75, 3.05) is 0 Å². The van der Waals surface area contributed by atoms with Crippen LogP contribution in [0.2, 0.25) is 0 Å². The minimum atomic E-state index is -4.90. The maximum atomic E-state index is 11.0. The Morgan fingerprint density at radius 3 is 1.81 bits per heavy atom. The fourth-order valence-corrected chi connectivity index (χ4v) is 1.92. The maximum absolute atomic E-state index is 11.0. The average Bonchev–Trinajstić information content (AvgIpc) is 2.15. The van der Waals surface area contributed by atoms with Crippen LogP contribution in [-0.2, 0) is 19.7 Å². The summed E-state index contributed by atoms with van der Waals surface area (Å²) in [4.78, 5) is 21.3. The predicted molar refractivity (Wildman–Crippen MR) is 51.3 cm³/mol. The summed E-state index contributed by atoms with van der Waals surface area (Å²) in [5.41, 5.74) is 0. The van der Waals surface area contributed by atoms with Crippen LogP contribution in [0.25, 0.3) is 0 Å². The summed E-state index contributed by atoms with van der Waals surface area (Å²) in [6.07, 6.45) is 3.07. The summed E-state index contributed by atoms with van der Waals surface area (Å²) < 4.78 is 28.1. The summed E-state index contributed by atoms with van der Waals surface area (Å²) in [5, 5.41) is 17.3. The maximum Gasteiger partial charge on any atom is 0.335 e. The highest BCUT2D eigenvalue weighted by Gasteiger charge is 2.48. The van der Waals surface area contributed by atoms with Crippen LogP contribution < -0.4 is 0 Å². The smallest absolute Gasteiger partial charge is 0.335 e. The highest BCUT2D eigenvalue weighted by molar-refractivity contribution is 7.88. The molecule has 0 aromatic heterocycles. The monoisotopic (exact) mass is 248 g/mol. The highest BCUT2D eigenvalue weighted by atomic mass is 32.2. The number of carboxylic acids is 2. The molecule has 1 rings (SSSR count). The second-order valence-corrected chi connectivity index (χ2v) is 4.78. The van der Waals surface area contributed by atoms with Gasteiger partial charge in [0.2, 0.25) is 4.75 Å². The molecule has 0 radical (unpaired) electrons. The van der Waals surface area contributed by atoms with Crippen molar-refractivity contribution in [3.8, 4) is 0 Å². The lowest BCUT2D eigenvalue weighted by atomic mass is 9.95. The van der Waals surface area contributed by atoms with E-state index in [2.05, 4.69) is 0 Å². The van der Waals surface area contributed by atoms with Crippen LogP contribution in [0, 0.1) is 5.92 Å². The van der Waals surface area contributed by atoms with Gasteiger partial charge in [-0.25, -0.2) is 4.79 Å². The van der Waals surface area contributed by atoms with Gasteiger partial charge in [0.25, 0.3) is 10.1 Å². The van der Waals surface area contributed by atoms with Crippen LogP contribution in [-0.4, -0.2) is 39.9 Å². The molecular formula is C8H8O7S. The molecule has 0 atom stereocenters. The van der Waals surface area contributed by atoms with Gasteiger partial charge in [0.1, 0.15) is 0 Å². The van der Waals surface area contributed by atoms with Gasteiger partial charge in [-0.2, -0.15) is 8.42 Å². The van der Waals surface area contributed by atoms with Crippen molar-refractivity contribution >= 4 is 22.1 Å². The topological polar surface area (TPSA) is 129 Å². The van der Waals surface area contributed by atoms with Gasteiger partial charge >= 0.3 is 11.9 Å². The fraction of sp³-hybridized carbons (Fsp3) is 0.250. The van der Waals surface area contributed by atoms with Gasteiger partial charge in [-0.1, -0.05) is 12.2 Å². The lowest BCUT2D eigenvalue weighted by Gasteiger charge is -2.22. The van der Waals surface area contributed by atoms with E-state index in [4.69, 9.17) is 14.8 Å². The Balaban J connectivity index is 3.24. The largest absolute Gasteiger partial charge is 0.481 e. The molecule has 0 amide bonds. The molecule has 0 aliphatic heterocycles. The predicted octanol–water partition coefficient (Wildman–Crippen LogP) is -0.476. The van der Waals surface area contributed by atoms with E-state index < -0.39 is 32.7 Å². The van der Waals surface area contributed by atoms with Gasteiger partial charge in [0.05, 0.1) is 5.92 Å². The summed E-state index contributed by atoms with van der Waals surface area (Å²) in [6.45, 7) is 0. The molecule has 0 aromatic rings. The Labute approximate surface area is 90.4 Å². The molecule has 0 aromatic carbocycles. The molecule has 88 valence electrons. The first-order valence-electron chi connectivity index (χ1n) is 4.02. The molecule has 8 heteroatoms. The van der Waals surface area contributed by atoms with E-state index in [1.54, 1.807) is 0 Å². The van der Waals surface area contributed by atoms with Crippen molar-refractivity contribution in [2.45, 2.75) is 4.75 Å². The molecule has 1 aliphatic carbocycles. The van der Waals surface area contributed by atoms with Gasteiger partial charge in [-0.3, -0.25) is 9.35 Å². The van der Waals surface area contributed by atoms with Crippen LogP contribution in [0.5, 0.6) is 0 Å². The molecule has 0 heterocycles. The van der Waals surface area contributed by atoms with Crippen molar-refractivity contribution in [2.24, 2.45) is 5.92 Å². The van der Waals surface area contributed by atoms with Crippen molar-refractivity contribution < 1.29 is 32.8 Å². The molecule has 1 aliphatic rings. The van der Waals surface area contributed by atoms with E-state index in [0.29, 0.717) is 12.2 Å². The zero-order valence-corrected chi connectivity index (χ0v) is 8.59. The van der Waals surface area contributed by atoms with Gasteiger partial charge in [0.15, 0.2) is 0 Å². The first-order chi connectivity index (χ1) is 7.21. The van der Waals surface area contributed by atoms with E-state index in [1.807, 2.05) is 0 Å². The summed E-state index contributed by atoms with van der Waals surface area (Å²) in [7, 11) is -4.90. The lowest BCUT2D eigenvalue weighted by molar-refractivity contribution is -0.140. The van der Waals surface area contributed by atoms with Crippen LogP contribution in [0.4, 0.5) is 0 Å². The average molecular weight is 248 g/mol. The van der Waals surface area contributed by atoms with Crippen molar-refractivity contribution in [3.63, 3.8) is 0 Å². The minimum absolute atomic E-state index is 0.642. The molecule has 0 spiro atoms. The first kappa shape index (κ1) is 12.4. The second-order valence-electron chi connectivity index (χ2n) is 3.16. The summed E-state index contributed by atoms with van der Waals surface area (Å²) in [6, 6.07) is 0. The Morgan fingerprint density at radius 1 is 1.12 bits per heavy atom. The van der Waals surface area contributed by atoms with E-state index in [0.717, 1.165) is 12.2 Å². The van der Waals surface area contributed by atoms with Crippen LogP contribution in [0.3, 0.4) is 0 Å². The highest BCUT2D eigenvalue weighted by Crippen LogP contribution is 2.26. The molecule has 0 saturated carbocycles. The second kappa shape index (κ2) is 3.72. The minimum Gasteiger partial charge on any atom is -0.481 e. The van der Waals surface area contributed by atoms with Gasteiger partial charge in [0, 0.05) is 0 Å².